The molecule has 4 heteroatoms. The number of aromatic nitrogens is 1. The van der Waals surface area contributed by atoms with Gasteiger partial charge in [0, 0.05) is 12.2 Å². The number of fused-ring (bicyclic) bond motifs is 1. The molecule has 2 heterocycles. The van der Waals surface area contributed by atoms with Crippen LogP contribution in [0, 0.1) is 17.2 Å². The number of nitrogens with zero attached hydrogens (tertiary/aromatic N) is 2. The third-order valence-electron chi connectivity index (χ3n) is 4.12. The summed E-state index contributed by atoms with van der Waals surface area (Å²) >= 11 is 5.90. The molecule has 0 unspecified atom stereocenters. The van der Waals surface area contributed by atoms with Gasteiger partial charge in [-0.2, -0.15) is 5.26 Å². The van der Waals surface area contributed by atoms with Crippen LogP contribution in [0.25, 0.3) is 5.57 Å². The maximum atomic E-state index is 9.06. The summed E-state index contributed by atoms with van der Waals surface area (Å²) in [6, 6.07) is 4.38. The monoisotopic (exact) mass is 273 g/mol. The number of nitriles is 1. The molecule has 1 fully saturated rings. The molecule has 1 N–H and O–H groups in total. The summed E-state index contributed by atoms with van der Waals surface area (Å²) in [6.07, 6.45) is 8.99. The Balaban J connectivity index is 1.96. The standard InChI is InChI=1S/C15H16ClN3/c16-15-11(8-17)7-12(9-19-15)13-5-1-3-10-4-2-6-18-14(10)13/h5,7,9-10,14,18H,1-4,6H2/t10-,14+/m0/s1. The van der Waals surface area contributed by atoms with Gasteiger partial charge in [0.25, 0.3) is 0 Å². The van der Waals surface area contributed by atoms with Crippen LogP contribution in [0.15, 0.2) is 18.3 Å². The summed E-state index contributed by atoms with van der Waals surface area (Å²) in [5, 5.41) is 13.0. The van der Waals surface area contributed by atoms with Gasteiger partial charge in [-0.1, -0.05) is 17.7 Å². The maximum absolute atomic E-state index is 9.06. The lowest BCUT2D eigenvalue weighted by molar-refractivity contribution is 0.304. The van der Waals surface area contributed by atoms with Gasteiger partial charge >= 0.3 is 0 Å². The highest BCUT2D eigenvalue weighted by Gasteiger charge is 2.30. The van der Waals surface area contributed by atoms with Gasteiger partial charge in [-0.3, -0.25) is 0 Å². The molecule has 1 aromatic heterocycles. The second-order valence-corrected chi connectivity index (χ2v) is 5.60. The van der Waals surface area contributed by atoms with Crippen molar-refractivity contribution < 1.29 is 0 Å². The first-order valence-electron chi connectivity index (χ1n) is 6.79. The minimum Gasteiger partial charge on any atom is -0.310 e. The topological polar surface area (TPSA) is 48.7 Å². The molecular weight excluding hydrogens is 258 g/mol. The number of hydrogen-bond acceptors (Lipinski definition) is 3. The summed E-state index contributed by atoms with van der Waals surface area (Å²) in [4.78, 5) is 4.14. The molecule has 0 saturated carbocycles. The van der Waals surface area contributed by atoms with Crippen molar-refractivity contribution in [3.63, 3.8) is 0 Å². The van der Waals surface area contributed by atoms with Crippen molar-refractivity contribution >= 4 is 17.2 Å². The van der Waals surface area contributed by atoms with Crippen LogP contribution in [-0.4, -0.2) is 17.6 Å². The average molecular weight is 274 g/mol. The van der Waals surface area contributed by atoms with Crippen LogP contribution in [0.2, 0.25) is 5.15 Å². The predicted octanol–water partition coefficient (Wildman–Crippen LogP) is 3.15. The molecule has 98 valence electrons. The number of rotatable bonds is 1. The first-order chi connectivity index (χ1) is 9.29. The number of hydrogen-bond donors (Lipinski definition) is 1. The smallest absolute Gasteiger partial charge is 0.146 e. The summed E-state index contributed by atoms with van der Waals surface area (Å²) < 4.78 is 0. The van der Waals surface area contributed by atoms with E-state index in [1.165, 1.54) is 24.8 Å². The highest BCUT2D eigenvalue weighted by molar-refractivity contribution is 6.30. The number of nitrogens with one attached hydrogen (secondary N) is 1. The number of piperidine rings is 1. The fourth-order valence-corrected chi connectivity index (χ4v) is 3.34. The van der Waals surface area contributed by atoms with Crippen LogP contribution in [-0.2, 0) is 0 Å². The van der Waals surface area contributed by atoms with E-state index in [0.717, 1.165) is 24.4 Å². The Hall–Kier alpha value is -1.37. The summed E-state index contributed by atoms with van der Waals surface area (Å²) in [5.41, 5.74) is 2.78. The lowest BCUT2D eigenvalue weighted by Crippen LogP contribution is -2.43. The van der Waals surface area contributed by atoms with Gasteiger partial charge in [0.05, 0.1) is 5.56 Å². The van der Waals surface area contributed by atoms with Crippen molar-refractivity contribution in [3.8, 4) is 6.07 Å². The minimum atomic E-state index is 0.288. The summed E-state index contributed by atoms with van der Waals surface area (Å²) in [6.45, 7) is 1.07. The molecule has 1 aromatic rings. The Morgan fingerprint density at radius 2 is 2.32 bits per heavy atom. The number of halogens is 1. The van der Waals surface area contributed by atoms with E-state index in [-0.39, 0.29) is 5.15 Å². The van der Waals surface area contributed by atoms with E-state index in [0.29, 0.717) is 11.6 Å². The second-order valence-electron chi connectivity index (χ2n) is 5.25. The molecule has 2 aliphatic rings. The van der Waals surface area contributed by atoms with E-state index in [1.807, 2.05) is 6.07 Å². The molecule has 3 nitrogen and oxygen atoms in total. The molecule has 19 heavy (non-hydrogen) atoms. The second kappa shape index (κ2) is 5.32. The molecule has 0 radical (unpaired) electrons. The van der Waals surface area contributed by atoms with Crippen LogP contribution in [0.3, 0.4) is 0 Å². The Kier molecular flexibility index (Phi) is 3.54. The van der Waals surface area contributed by atoms with E-state index in [2.05, 4.69) is 22.4 Å². The molecule has 0 aromatic carbocycles. The van der Waals surface area contributed by atoms with E-state index in [1.54, 1.807) is 6.20 Å². The fraction of sp³-hybridized carbons (Fsp3) is 0.467. The van der Waals surface area contributed by atoms with E-state index < -0.39 is 0 Å². The van der Waals surface area contributed by atoms with E-state index in [4.69, 9.17) is 16.9 Å². The van der Waals surface area contributed by atoms with Crippen molar-refractivity contribution in [1.29, 1.82) is 5.26 Å². The predicted molar refractivity (Wildman–Crippen MR) is 75.7 cm³/mol. The zero-order valence-electron chi connectivity index (χ0n) is 10.7. The number of pyridine rings is 1. The molecule has 0 bridgehead atoms. The average Bonchev–Trinajstić information content (AvgIpc) is 2.47. The van der Waals surface area contributed by atoms with Crippen molar-refractivity contribution in [2.24, 2.45) is 5.92 Å². The van der Waals surface area contributed by atoms with Gasteiger partial charge in [-0.25, -0.2) is 4.98 Å². The Bertz CT molecular complexity index is 559. The van der Waals surface area contributed by atoms with Crippen molar-refractivity contribution in [1.82, 2.24) is 10.3 Å². The number of allylic oxidation sites excluding steroid dienone is 1. The van der Waals surface area contributed by atoms with Gasteiger partial charge in [-0.05, 0) is 55.3 Å². The van der Waals surface area contributed by atoms with Crippen LogP contribution in [0.5, 0.6) is 0 Å². The molecule has 0 amide bonds. The Labute approximate surface area is 118 Å². The van der Waals surface area contributed by atoms with Crippen LogP contribution >= 0.6 is 11.6 Å². The van der Waals surface area contributed by atoms with Gasteiger partial charge in [0.2, 0.25) is 0 Å². The Morgan fingerprint density at radius 3 is 3.16 bits per heavy atom. The van der Waals surface area contributed by atoms with Gasteiger partial charge in [0.1, 0.15) is 11.2 Å². The van der Waals surface area contributed by atoms with Crippen LogP contribution in [0.1, 0.15) is 36.8 Å². The molecule has 3 rings (SSSR count). The molecule has 1 saturated heterocycles. The third kappa shape index (κ3) is 2.39. The first kappa shape index (κ1) is 12.7. The van der Waals surface area contributed by atoms with E-state index >= 15 is 0 Å². The molecule has 1 aliphatic heterocycles. The van der Waals surface area contributed by atoms with Gasteiger partial charge < -0.3 is 5.32 Å². The zero-order valence-corrected chi connectivity index (χ0v) is 11.5. The molecular formula is C15H16ClN3. The van der Waals surface area contributed by atoms with Crippen LogP contribution < -0.4 is 5.32 Å². The van der Waals surface area contributed by atoms with Crippen LogP contribution in [0.4, 0.5) is 0 Å². The third-order valence-corrected chi connectivity index (χ3v) is 4.42. The first-order valence-corrected chi connectivity index (χ1v) is 7.17. The highest BCUT2D eigenvalue weighted by Crippen LogP contribution is 2.36. The minimum absolute atomic E-state index is 0.288. The lowest BCUT2D eigenvalue weighted by atomic mass is 9.77. The van der Waals surface area contributed by atoms with E-state index in [9.17, 15) is 0 Å². The lowest BCUT2D eigenvalue weighted by Gasteiger charge is -2.37. The SMILES string of the molecule is N#Cc1cc(C2=CCC[C@H]3CCCN[C@@H]23)cnc1Cl. The highest BCUT2D eigenvalue weighted by atomic mass is 35.5. The van der Waals surface area contributed by atoms with Crippen molar-refractivity contribution in [2.45, 2.75) is 31.7 Å². The van der Waals surface area contributed by atoms with Gasteiger partial charge in [-0.15, -0.1) is 0 Å². The normalized spacial score (nSPS) is 26.2. The molecule has 2 atom stereocenters. The molecule has 0 spiro atoms. The summed E-state index contributed by atoms with van der Waals surface area (Å²) in [7, 11) is 0. The zero-order chi connectivity index (χ0) is 13.2. The molecule has 1 aliphatic carbocycles. The van der Waals surface area contributed by atoms with Gasteiger partial charge in [0.15, 0.2) is 0 Å². The Morgan fingerprint density at radius 1 is 1.42 bits per heavy atom. The van der Waals surface area contributed by atoms with Crippen molar-refractivity contribution in [3.05, 3.63) is 34.6 Å². The van der Waals surface area contributed by atoms with Crippen molar-refractivity contribution in [2.75, 3.05) is 6.54 Å². The quantitative estimate of drug-likeness (QED) is 0.800. The summed E-state index contributed by atoms with van der Waals surface area (Å²) in [5.74, 6) is 0.718. The maximum Gasteiger partial charge on any atom is 0.146 e. The largest absolute Gasteiger partial charge is 0.310 e. The fourth-order valence-electron chi connectivity index (χ4n) is 3.19.